The fraction of sp³-hybridized carbons (Fsp3) is 0.385. The predicted molar refractivity (Wildman–Crippen MR) is 71.6 cm³/mol. The molecule has 7 nitrogen and oxygen atoms in total. The van der Waals surface area contributed by atoms with Crippen molar-refractivity contribution in [1.82, 2.24) is 14.3 Å². The molecule has 1 aromatic carbocycles. The van der Waals surface area contributed by atoms with E-state index in [9.17, 15) is 19.3 Å². The van der Waals surface area contributed by atoms with Gasteiger partial charge in [0.05, 0.1) is 11.5 Å². The topological polar surface area (TPSA) is 83.0 Å². The van der Waals surface area contributed by atoms with Crippen LogP contribution >= 0.6 is 0 Å². The Bertz CT molecular complexity index is 765. The first-order valence-corrected chi connectivity index (χ1v) is 6.65. The smallest absolute Gasteiger partial charge is 0.279 e. The summed E-state index contributed by atoms with van der Waals surface area (Å²) < 4.78 is 16.5. The van der Waals surface area contributed by atoms with E-state index in [-0.39, 0.29) is 12.2 Å². The third-order valence-electron chi connectivity index (χ3n) is 3.57. The lowest BCUT2D eigenvalue weighted by atomic mass is 10.2. The largest absolute Gasteiger partial charge is 0.346 e. The molecule has 21 heavy (non-hydrogen) atoms. The van der Waals surface area contributed by atoms with Gasteiger partial charge in [-0.15, -0.1) is 0 Å². The van der Waals surface area contributed by atoms with E-state index in [0.717, 1.165) is 37.2 Å². The Morgan fingerprint density at radius 3 is 2.86 bits per heavy atom. The van der Waals surface area contributed by atoms with Gasteiger partial charge >= 0.3 is 11.4 Å². The molecule has 0 fully saturated rings. The number of aromatic nitrogens is 3. The first-order chi connectivity index (χ1) is 10.1. The van der Waals surface area contributed by atoms with E-state index in [0.29, 0.717) is 12.1 Å². The zero-order chi connectivity index (χ0) is 15.0. The van der Waals surface area contributed by atoms with Crippen LogP contribution in [0.5, 0.6) is 0 Å². The number of nitro groups is 1. The molecular weight excluding hydrogens is 279 g/mol. The van der Waals surface area contributed by atoms with Gasteiger partial charge in [-0.05, 0) is 24.5 Å². The first-order valence-electron chi connectivity index (χ1n) is 6.65. The number of halogens is 1. The van der Waals surface area contributed by atoms with Crippen LogP contribution in [0.3, 0.4) is 0 Å². The highest BCUT2D eigenvalue weighted by molar-refractivity contribution is 5.35. The van der Waals surface area contributed by atoms with Crippen LogP contribution in [0, 0.1) is 15.9 Å². The average Bonchev–Trinajstić information content (AvgIpc) is 2.76. The highest BCUT2D eigenvalue weighted by Gasteiger charge is 2.18. The Morgan fingerprint density at radius 2 is 2.19 bits per heavy atom. The van der Waals surface area contributed by atoms with Gasteiger partial charge in [-0.3, -0.25) is 14.7 Å². The van der Waals surface area contributed by atoms with Crippen LogP contribution in [0.15, 0.2) is 23.0 Å². The summed E-state index contributed by atoms with van der Waals surface area (Å²) >= 11 is 0. The molecule has 1 aromatic heterocycles. The standard InChI is InChI=1S/C13H13FN4O3/c14-10-7-9(4-5-11(10)18(20)21)8-17-13(19)16-6-2-1-3-12(16)15-17/h4-5,7H,1-3,6,8H2. The molecule has 0 amide bonds. The molecule has 2 heterocycles. The highest BCUT2D eigenvalue weighted by atomic mass is 19.1. The Kier molecular flexibility index (Phi) is 3.28. The van der Waals surface area contributed by atoms with Crippen molar-refractivity contribution in [1.29, 1.82) is 0 Å². The van der Waals surface area contributed by atoms with Gasteiger partial charge < -0.3 is 0 Å². The minimum atomic E-state index is -0.908. The van der Waals surface area contributed by atoms with Gasteiger partial charge in [0.1, 0.15) is 5.82 Å². The SMILES string of the molecule is O=c1n(Cc2ccc([N+](=O)[O-])c(F)c2)nc2n1CCCC2. The van der Waals surface area contributed by atoms with Crippen molar-refractivity contribution in [2.45, 2.75) is 32.4 Å². The zero-order valence-corrected chi connectivity index (χ0v) is 11.2. The molecule has 1 aliphatic heterocycles. The minimum Gasteiger partial charge on any atom is -0.279 e. The molecule has 3 rings (SSSR count). The van der Waals surface area contributed by atoms with E-state index in [4.69, 9.17) is 0 Å². The molecule has 0 atom stereocenters. The van der Waals surface area contributed by atoms with Crippen LogP contribution in [0.25, 0.3) is 0 Å². The van der Waals surface area contributed by atoms with Crippen molar-refractivity contribution in [2.75, 3.05) is 0 Å². The first kappa shape index (κ1) is 13.5. The fourth-order valence-corrected chi connectivity index (χ4v) is 2.52. The van der Waals surface area contributed by atoms with E-state index in [1.165, 1.54) is 10.7 Å². The molecule has 0 aliphatic carbocycles. The van der Waals surface area contributed by atoms with E-state index in [1.807, 2.05) is 0 Å². The summed E-state index contributed by atoms with van der Waals surface area (Å²) in [4.78, 5) is 21.9. The van der Waals surface area contributed by atoms with E-state index in [2.05, 4.69) is 5.10 Å². The number of rotatable bonds is 3. The van der Waals surface area contributed by atoms with Crippen LogP contribution in [0.4, 0.5) is 10.1 Å². The van der Waals surface area contributed by atoms with Gasteiger partial charge in [-0.25, -0.2) is 9.48 Å². The number of hydrogen-bond donors (Lipinski definition) is 0. The normalized spacial score (nSPS) is 14.0. The maximum atomic E-state index is 13.6. The monoisotopic (exact) mass is 292 g/mol. The molecule has 0 unspecified atom stereocenters. The molecule has 1 aliphatic rings. The summed E-state index contributed by atoms with van der Waals surface area (Å²) in [6.07, 6.45) is 2.71. The molecule has 2 aromatic rings. The van der Waals surface area contributed by atoms with Crippen molar-refractivity contribution < 1.29 is 9.31 Å². The number of benzene rings is 1. The summed E-state index contributed by atoms with van der Waals surface area (Å²) in [5, 5.41) is 14.8. The van der Waals surface area contributed by atoms with E-state index in [1.54, 1.807) is 4.57 Å². The number of hydrogen-bond acceptors (Lipinski definition) is 4. The highest BCUT2D eigenvalue weighted by Crippen LogP contribution is 2.18. The summed E-state index contributed by atoms with van der Waals surface area (Å²) in [5.74, 6) is -0.164. The quantitative estimate of drug-likeness (QED) is 0.633. The maximum Gasteiger partial charge on any atom is 0.346 e. The van der Waals surface area contributed by atoms with Crippen molar-refractivity contribution in [3.05, 3.63) is 56.0 Å². The lowest BCUT2D eigenvalue weighted by molar-refractivity contribution is -0.387. The molecule has 0 radical (unpaired) electrons. The fourth-order valence-electron chi connectivity index (χ4n) is 2.52. The van der Waals surface area contributed by atoms with E-state index >= 15 is 0 Å². The third-order valence-corrected chi connectivity index (χ3v) is 3.57. The summed E-state index contributed by atoms with van der Waals surface area (Å²) in [5.41, 5.74) is -0.325. The Morgan fingerprint density at radius 1 is 1.38 bits per heavy atom. The molecular formula is C13H13FN4O3. The number of nitrogens with zero attached hydrogens (tertiary/aromatic N) is 4. The maximum absolute atomic E-state index is 13.6. The van der Waals surface area contributed by atoms with Crippen molar-refractivity contribution >= 4 is 5.69 Å². The van der Waals surface area contributed by atoms with Crippen LogP contribution in [-0.2, 0) is 19.5 Å². The molecule has 0 N–H and O–H groups in total. The molecule has 0 saturated carbocycles. The average molecular weight is 292 g/mol. The Balaban J connectivity index is 1.91. The minimum absolute atomic E-state index is 0.105. The summed E-state index contributed by atoms with van der Waals surface area (Å²) in [7, 11) is 0. The predicted octanol–water partition coefficient (Wildman–Crippen LogP) is 1.48. The van der Waals surface area contributed by atoms with Crippen LogP contribution < -0.4 is 5.69 Å². The molecule has 0 bridgehead atoms. The lowest BCUT2D eigenvalue weighted by Crippen LogP contribution is -2.27. The van der Waals surface area contributed by atoms with E-state index < -0.39 is 16.4 Å². The van der Waals surface area contributed by atoms with Crippen molar-refractivity contribution in [2.24, 2.45) is 0 Å². The van der Waals surface area contributed by atoms with Crippen LogP contribution in [-0.4, -0.2) is 19.3 Å². The van der Waals surface area contributed by atoms with Gasteiger partial charge in [-0.2, -0.15) is 9.49 Å². The number of nitro benzene ring substituents is 1. The Labute approximate surface area is 118 Å². The van der Waals surface area contributed by atoms with Gasteiger partial charge in [0, 0.05) is 19.0 Å². The second-order valence-electron chi connectivity index (χ2n) is 5.01. The molecule has 8 heteroatoms. The zero-order valence-electron chi connectivity index (χ0n) is 11.2. The number of fused-ring (bicyclic) bond motifs is 1. The van der Waals surface area contributed by atoms with Gasteiger partial charge in [0.25, 0.3) is 0 Å². The second-order valence-corrected chi connectivity index (χ2v) is 5.01. The third kappa shape index (κ3) is 2.44. The van der Waals surface area contributed by atoms with Crippen LogP contribution in [0.1, 0.15) is 24.2 Å². The van der Waals surface area contributed by atoms with Crippen molar-refractivity contribution in [3.8, 4) is 0 Å². The van der Waals surface area contributed by atoms with Crippen LogP contribution in [0.2, 0.25) is 0 Å². The summed E-state index contributed by atoms with van der Waals surface area (Å²) in [6, 6.07) is 3.61. The van der Waals surface area contributed by atoms with Gasteiger partial charge in [-0.1, -0.05) is 6.07 Å². The second kappa shape index (κ2) is 5.12. The van der Waals surface area contributed by atoms with Gasteiger partial charge in [0.15, 0.2) is 0 Å². The van der Waals surface area contributed by atoms with Gasteiger partial charge in [0.2, 0.25) is 5.82 Å². The molecule has 0 spiro atoms. The number of aryl methyl sites for hydroxylation is 1. The molecule has 110 valence electrons. The molecule has 0 saturated heterocycles. The summed E-state index contributed by atoms with van der Waals surface area (Å²) in [6.45, 7) is 0.760. The van der Waals surface area contributed by atoms with Crippen molar-refractivity contribution in [3.63, 3.8) is 0 Å². The lowest BCUT2D eigenvalue weighted by Gasteiger charge is -2.09. The Hall–Kier alpha value is -2.51.